The molecular weight excluding hydrogens is 372 g/mol. The van der Waals surface area contributed by atoms with Crippen LogP contribution in [0.5, 0.6) is 0 Å². The number of hydrogen-bond donors (Lipinski definition) is 2. The number of esters is 1. The van der Waals surface area contributed by atoms with E-state index in [0.29, 0.717) is 13.2 Å². The molecule has 8 nitrogen and oxygen atoms in total. The van der Waals surface area contributed by atoms with Gasteiger partial charge in [-0.3, -0.25) is 14.6 Å². The normalized spacial score (nSPS) is 13.3. The van der Waals surface area contributed by atoms with Crippen molar-refractivity contribution in [2.24, 2.45) is 9.98 Å². The van der Waals surface area contributed by atoms with Crippen molar-refractivity contribution in [1.29, 1.82) is 0 Å². The summed E-state index contributed by atoms with van der Waals surface area (Å²) in [7, 11) is 0. The largest absolute Gasteiger partial charge is 0.477 e. The monoisotopic (exact) mass is 412 g/mol. The summed E-state index contributed by atoms with van der Waals surface area (Å²) in [6.45, 7) is 15.0. The molecule has 2 aliphatic heterocycles. The minimum atomic E-state index is -0.182. The quantitative estimate of drug-likeness (QED) is 0.515. The van der Waals surface area contributed by atoms with E-state index in [1.54, 1.807) is 6.20 Å². The summed E-state index contributed by atoms with van der Waals surface area (Å²) in [5.74, 6) is 1.72. The predicted octanol–water partition coefficient (Wildman–Crippen LogP) is 3.23. The van der Waals surface area contributed by atoms with Gasteiger partial charge in [-0.05, 0) is 25.8 Å². The van der Waals surface area contributed by atoms with Crippen molar-refractivity contribution in [2.75, 3.05) is 32.8 Å². The first-order chi connectivity index (χ1) is 13.8. The van der Waals surface area contributed by atoms with Gasteiger partial charge in [-0.2, -0.15) is 0 Å². The molecule has 29 heavy (non-hydrogen) atoms. The molecule has 2 rings (SSSR count). The average Bonchev–Trinajstić information content (AvgIpc) is 3.15. The highest BCUT2D eigenvalue weighted by molar-refractivity contribution is 5.80. The molecule has 0 saturated carbocycles. The number of carbonyl (C=O) groups excluding carboxylic acids is 2. The fourth-order valence-electron chi connectivity index (χ4n) is 1.72. The Labute approximate surface area is 176 Å². The number of ether oxygens (including phenoxy) is 2. The predicted molar refractivity (Wildman–Crippen MR) is 119 cm³/mol. The lowest BCUT2D eigenvalue weighted by molar-refractivity contribution is -0.141. The Kier molecular flexibility index (Phi) is 21.8. The van der Waals surface area contributed by atoms with Crippen molar-refractivity contribution in [3.05, 3.63) is 12.3 Å². The van der Waals surface area contributed by atoms with Gasteiger partial charge in [0.25, 0.3) is 0 Å². The number of amidine groups is 1. The molecule has 0 bridgehead atoms. The van der Waals surface area contributed by atoms with Crippen molar-refractivity contribution < 1.29 is 19.1 Å². The van der Waals surface area contributed by atoms with Crippen molar-refractivity contribution in [1.82, 2.24) is 10.6 Å². The molecule has 0 spiro atoms. The van der Waals surface area contributed by atoms with Gasteiger partial charge in [-0.1, -0.05) is 26.7 Å². The van der Waals surface area contributed by atoms with E-state index in [0.717, 1.165) is 57.1 Å². The zero-order valence-electron chi connectivity index (χ0n) is 19.0. The molecule has 0 aliphatic carbocycles. The number of hydrogen-bond acceptors (Lipinski definition) is 7. The van der Waals surface area contributed by atoms with E-state index in [1.807, 2.05) is 19.9 Å². The second-order valence-corrected chi connectivity index (χ2v) is 6.27. The lowest BCUT2D eigenvalue weighted by Crippen LogP contribution is -2.20. The van der Waals surface area contributed by atoms with Gasteiger partial charge in [0.15, 0.2) is 5.90 Å². The second-order valence-electron chi connectivity index (χ2n) is 6.27. The van der Waals surface area contributed by atoms with Crippen molar-refractivity contribution in [3.8, 4) is 0 Å². The van der Waals surface area contributed by atoms with Crippen LogP contribution in [0.2, 0.25) is 0 Å². The van der Waals surface area contributed by atoms with Gasteiger partial charge in [0.1, 0.15) is 6.61 Å². The molecule has 0 fully saturated rings. The van der Waals surface area contributed by atoms with E-state index >= 15 is 0 Å². The summed E-state index contributed by atoms with van der Waals surface area (Å²) in [5, 5.41) is 5.78. The standard InChI is InChI=1S/C6H13NO.C6H12O2.C5H7NO.C4H8N2/c1-3-4-5-7-6(2)8;1-3-4-5-8-6(2)7;1-5-6-3-2-4-7-5;1-4-5-2-3-6-4/h3-5H2,1-2H3,(H,7,8);3-5H2,1-2H3;2-3H,4H2,1H3;2-3H2,1H3,(H,5,6). The fourth-order valence-corrected chi connectivity index (χ4v) is 1.72. The number of carbonyl (C=O) groups is 2. The van der Waals surface area contributed by atoms with Gasteiger partial charge >= 0.3 is 5.97 Å². The number of rotatable bonds is 6. The number of nitrogens with one attached hydrogen (secondary N) is 2. The summed E-state index contributed by atoms with van der Waals surface area (Å²) < 4.78 is 9.58. The lowest BCUT2D eigenvalue weighted by Gasteiger charge is -2.02. The maximum atomic E-state index is 10.2. The molecule has 0 aromatic rings. The average molecular weight is 413 g/mol. The van der Waals surface area contributed by atoms with Crippen LogP contribution in [0.15, 0.2) is 22.3 Å². The molecule has 0 radical (unpaired) electrons. The van der Waals surface area contributed by atoms with Gasteiger partial charge < -0.3 is 20.1 Å². The Morgan fingerprint density at radius 2 is 1.90 bits per heavy atom. The molecule has 8 heteroatoms. The van der Waals surface area contributed by atoms with Crippen molar-refractivity contribution in [2.45, 2.75) is 67.2 Å². The topological polar surface area (TPSA) is 101 Å². The van der Waals surface area contributed by atoms with E-state index < -0.39 is 0 Å². The third kappa shape index (κ3) is 27.9. The minimum Gasteiger partial charge on any atom is -0.477 e. The van der Waals surface area contributed by atoms with Gasteiger partial charge in [0.2, 0.25) is 5.91 Å². The van der Waals surface area contributed by atoms with Gasteiger partial charge in [-0.25, -0.2) is 4.99 Å². The maximum Gasteiger partial charge on any atom is 0.302 e. The number of unbranched alkanes of at least 4 members (excludes halogenated alkanes) is 2. The highest BCUT2D eigenvalue weighted by Crippen LogP contribution is 1.90. The molecule has 0 aromatic carbocycles. The van der Waals surface area contributed by atoms with Crippen LogP contribution < -0.4 is 10.6 Å². The van der Waals surface area contributed by atoms with Crippen LogP contribution in [0, 0.1) is 0 Å². The molecule has 1 amide bonds. The Hall–Kier alpha value is -2.38. The van der Waals surface area contributed by atoms with E-state index in [-0.39, 0.29) is 11.9 Å². The third-order valence-electron chi connectivity index (χ3n) is 3.30. The van der Waals surface area contributed by atoms with Crippen LogP contribution >= 0.6 is 0 Å². The highest BCUT2D eigenvalue weighted by Gasteiger charge is 1.93. The van der Waals surface area contributed by atoms with E-state index in [2.05, 4.69) is 39.2 Å². The Morgan fingerprint density at radius 3 is 2.21 bits per heavy atom. The van der Waals surface area contributed by atoms with Crippen LogP contribution in [0.25, 0.3) is 0 Å². The minimum absolute atomic E-state index is 0.0680. The van der Waals surface area contributed by atoms with Crippen LogP contribution in [0.1, 0.15) is 67.2 Å². The molecule has 0 unspecified atom stereocenters. The highest BCUT2D eigenvalue weighted by atomic mass is 16.5. The molecule has 2 heterocycles. The first kappa shape index (κ1) is 28.8. The number of aliphatic imine (C=N–C) groups is 2. The van der Waals surface area contributed by atoms with E-state index in [9.17, 15) is 9.59 Å². The van der Waals surface area contributed by atoms with Crippen LogP contribution in [0.4, 0.5) is 0 Å². The molecule has 2 aliphatic rings. The molecule has 0 atom stereocenters. The van der Waals surface area contributed by atoms with Gasteiger partial charge in [-0.15, -0.1) is 0 Å². The van der Waals surface area contributed by atoms with E-state index in [4.69, 9.17) is 4.74 Å². The molecule has 2 N–H and O–H groups in total. The Balaban J connectivity index is 0. The SMILES string of the molecule is CC1=NC=CCO1.CC1=NCCN1.CCCCNC(C)=O.CCCCOC(C)=O. The third-order valence-corrected chi connectivity index (χ3v) is 3.30. The zero-order valence-corrected chi connectivity index (χ0v) is 19.0. The smallest absolute Gasteiger partial charge is 0.302 e. The summed E-state index contributed by atoms with van der Waals surface area (Å²) in [6.07, 6.45) is 7.89. The summed E-state index contributed by atoms with van der Waals surface area (Å²) in [6, 6.07) is 0. The van der Waals surface area contributed by atoms with Crippen LogP contribution in [-0.4, -0.2) is 56.5 Å². The van der Waals surface area contributed by atoms with Crippen LogP contribution in [-0.2, 0) is 19.1 Å². The summed E-state index contributed by atoms with van der Waals surface area (Å²) in [5.41, 5.74) is 0. The Bertz CT molecular complexity index is 497. The van der Waals surface area contributed by atoms with Crippen molar-refractivity contribution >= 4 is 23.6 Å². The van der Waals surface area contributed by atoms with Crippen LogP contribution in [0.3, 0.4) is 0 Å². The van der Waals surface area contributed by atoms with E-state index in [1.165, 1.54) is 13.8 Å². The Morgan fingerprint density at radius 1 is 1.21 bits per heavy atom. The molecule has 168 valence electrons. The fraction of sp³-hybridized carbons (Fsp3) is 0.714. The summed E-state index contributed by atoms with van der Waals surface area (Å²) >= 11 is 0. The molecule has 0 saturated heterocycles. The first-order valence-corrected chi connectivity index (χ1v) is 10.3. The number of amides is 1. The maximum absolute atomic E-state index is 10.2. The number of nitrogens with zero attached hydrogens (tertiary/aromatic N) is 2. The summed E-state index contributed by atoms with van der Waals surface area (Å²) in [4.78, 5) is 28.2. The first-order valence-electron chi connectivity index (χ1n) is 10.3. The second kappa shape index (κ2) is 21.9. The molecule has 0 aromatic heterocycles. The zero-order chi connectivity index (χ0) is 22.3. The van der Waals surface area contributed by atoms with Gasteiger partial charge in [0.05, 0.1) is 19.0 Å². The lowest BCUT2D eigenvalue weighted by atomic mass is 10.3. The van der Waals surface area contributed by atoms with Gasteiger partial charge in [0, 0.05) is 40.1 Å². The molecular formula is C21H40N4O4. The van der Waals surface area contributed by atoms with Crippen molar-refractivity contribution in [3.63, 3.8) is 0 Å².